The van der Waals surface area contributed by atoms with Crippen molar-refractivity contribution in [2.75, 3.05) is 0 Å². The number of benzene rings is 7. The Morgan fingerprint density at radius 2 is 1.11 bits per heavy atom. The van der Waals surface area contributed by atoms with E-state index in [9.17, 15) is 4.39 Å². The molecule has 0 aliphatic heterocycles. The number of fused-ring (bicyclic) bond motifs is 7. The quantitative estimate of drug-likeness (QED) is 0.191. The van der Waals surface area contributed by atoms with Crippen molar-refractivity contribution in [3.8, 4) is 33.8 Å². The van der Waals surface area contributed by atoms with Crippen molar-refractivity contribution in [3.05, 3.63) is 157 Å². The van der Waals surface area contributed by atoms with Crippen LogP contribution in [-0.2, 0) is 0 Å². The summed E-state index contributed by atoms with van der Waals surface area (Å²) in [5.41, 5.74) is 6.33. The largest absolute Gasteiger partial charge is 0.256 e. The van der Waals surface area contributed by atoms with Crippen LogP contribution >= 0.6 is 0 Å². The van der Waals surface area contributed by atoms with E-state index in [0.29, 0.717) is 5.56 Å². The predicted molar refractivity (Wildman–Crippen MR) is 191 cm³/mol. The fraction of sp³-hybridized carbons (Fsp3) is 0.0233. The summed E-state index contributed by atoms with van der Waals surface area (Å²) in [5, 5.41) is 11.5. The Bertz CT molecular complexity index is 2670. The molecule has 0 fully saturated rings. The molecule has 0 atom stereocenters. The second kappa shape index (κ2) is 10.3. The van der Waals surface area contributed by atoms with E-state index >= 15 is 0 Å². The normalized spacial score (nSPS) is 11.7. The second-order valence-electron chi connectivity index (χ2n) is 12.0. The third-order valence-corrected chi connectivity index (χ3v) is 9.25. The molecule has 0 amide bonds. The van der Waals surface area contributed by atoms with Gasteiger partial charge in [-0.25, -0.2) is 9.37 Å². The van der Waals surface area contributed by atoms with Gasteiger partial charge in [-0.2, -0.15) is 0 Å². The summed E-state index contributed by atoms with van der Waals surface area (Å²) in [6.07, 6.45) is 1.98. The summed E-state index contributed by atoms with van der Waals surface area (Å²) in [7, 11) is 0. The Balaban J connectivity index is 1.30. The average Bonchev–Trinajstić information content (AvgIpc) is 3.11. The number of aromatic nitrogens is 2. The van der Waals surface area contributed by atoms with Gasteiger partial charge in [0.05, 0.1) is 17.1 Å². The molecule has 2 heterocycles. The van der Waals surface area contributed by atoms with E-state index in [4.69, 9.17) is 9.97 Å². The van der Waals surface area contributed by atoms with Gasteiger partial charge >= 0.3 is 0 Å². The highest BCUT2D eigenvalue weighted by molar-refractivity contribution is 6.14. The van der Waals surface area contributed by atoms with Gasteiger partial charge in [0.15, 0.2) is 0 Å². The lowest BCUT2D eigenvalue weighted by molar-refractivity contribution is 0.619. The molecule has 3 heteroatoms. The first-order valence-corrected chi connectivity index (χ1v) is 15.5. The maximum absolute atomic E-state index is 14.3. The lowest BCUT2D eigenvalue weighted by atomic mass is 9.94. The van der Waals surface area contributed by atoms with Crippen molar-refractivity contribution >= 4 is 53.9 Å². The van der Waals surface area contributed by atoms with Crippen LogP contribution in [0.5, 0.6) is 0 Å². The van der Waals surface area contributed by atoms with Crippen LogP contribution in [-0.4, -0.2) is 9.97 Å². The molecule has 7 aromatic carbocycles. The molecule has 0 saturated heterocycles. The molecule has 0 unspecified atom stereocenters. The van der Waals surface area contributed by atoms with E-state index < -0.39 is 0 Å². The molecular formula is C43H27FN2. The number of aryl methyl sites for hydroxylation is 1. The van der Waals surface area contributed by atoms with Crippen LogP contribution < -0.4 is 0 Å². The smallest absolute Gasteiger partial charge is 0.126 e. The first-order chi connectivity index (χ1) is 22.6. The van der Waals surface area contributed by atoms with Crippen LogP contribution in [0.15, 0.2) is 146 Å². The van der Waals surface area contributed by atoms with E-state index in [1.807, 2.05) is 18.3 Å². The third kappa shape index (κ3) is 4.24. The van der Waals surface area contributed by atoms with Crippen molar-refractivity contribution in [2.24, 2.45) is 0 Å². The Morgan fingerprint density at radius 1 is 0.457 bits per heavy atom. The van der Waals surface area contributed by atoms with E-state index in [-0.39, 0.29) is 5.82 Å². The number of halogens is 1. The summed E-state index contributed by atoms with van der Waals surface area (Å²) >= 11 is 0. The lowest BCUT2D eigenvalue weighted by Gasteiger charge is -2.14. The Hall–Kier alpha value is -5.93. The standard InChI is InChI=1S/C43H27FN2/c1-26-21-30(18-20-40(26)44)41-24-39-34-11-5-3-8-28(34)17-19-36(39)43(46-41)31-15-13-29-14-16-32-25-45-42(23-38(32)37(29)22-31)35-12-6-9-27-7-2-4-10-33(27)35/h2-25H,1H3. The minimum Gasteiger partial charge on any atom is -0.256 e. The fourth-order valence-corrected chi connectivity index (χ4v) is 6.87. The summed E-state index contributed by atoms with van der Waals surface area (Å²) in [6, 6.07) is 48.2. The van der Waals surface area contributed by atoms with E-state index in [1.54, 1.807) is 6.92 Å². The molecule has 0 saturated carbocycles. The molecule has 46 heavy (non-hydrogen) atoms. The predicted octanol–water partition coefficient (Wildman–Crippen LogP) is 11.7. The van der Waals surface area contributed by atoms with Crippen molar-refractivity contribution < 1.29 is 4.39 Å². The molecule has 0 aliphatic rings. The molecule has 0 bridgehead atoms. The molecule has 216 valence electrons. The molecule has 0 N–H and O–H groups in total. The highest BCUT2D eigenvalue weighted by atomic mass is 19.1. The topological polar surface area (TPSA) is 25.8 Å². The van der Waals surface area contributed by atoms with Crippen molar-refractivity contribution in [3.63, 3.8) is 0 Å². The summed E-state index contributed by atoms with van der Waals surface area (Å²) in [4.78, 5) is 10.2. The van der Waals surface area contributed by atoms with Crippen LogP contribution in [0.4, 0.5) is 4.39 Å². The Kier molecular flexibility index (Phi) is 5.94. The highest BCUT2D eigenvalue weighted by Gasteiger charge is 2.15. The van der Waals surface area contributed by atoms with Crippen LogP contribution in [0.3, 0.4) is 0 Å². The van der Waals surface area contributed by atoms with Crippen LogP contribution in [0.1, 0.15) is 5.56 Å². The molecule has 0 aliphatic carbocycles. The SMILES string of the molecule is Cc1cc(-c2cc3c(ccc4ccccc43)c(-c3ccc4ccc5cnc(-c6cccc7ccccc67)cc5c4c3)n2)ccc1F. The zero-order valence-corrected chi connectivity index (χ0v) is 25.1. The summed E-state index contributed by atoms with van der Waals surface area (Å²) in [5.74, 6) is -0.214. The van der Waals surface area contributed by atoms with Gasteiger partial charge in [-0.05, 0) is 92.0 Å². The molecular weight excluding hydrogens is 563 g/mol. The zero-order valence-electron chi connectivity index (χ0n) is 25.1. The summed E-state index contributed by atoms with van der Waals surface area (Å²) < 4.78 is 14.3. The van der Waals surface area contributed by atoms with Crippen molar-refractivity contribution in [2.45, 2.75) is 6.92 Å². The van der Waals surface area contributed by atoms with E-state index in [0.717, 1.165) is 66.1 Å². The summed E-state index contributed by atoms with van der Waals surface area (Å²) in [6.45, 7) is 1.80. The number of pyridine rings is 2. The maximum atomic E-state index is 14.3. The van der Waals surface area contributed by atoms with E-state index in [2.05, 4.69) is 121 Å². The van der Waals surface area contributed by atoms with E-state index in [1.165, 1.54) is 27.6 Å². The van der Waals surface area contributed by atoms with Gasteiger partial charge in [0, 0.05) is 33.7 Å². The number of hydrogen-bond acceptors (Lipinski definition) is 2. The van der Waals surface area contributed by atoms with Gasteiger partial charge in [-0.3, -0.25) is 4.98 Å². The first kappa shape index (κ1) is 26.5. The van der Waals surface area contributed by atoms with Gasteiger partial charge in [0.25, 0.3) is 0 Å². The molecule has 2 nitrogen and oxygen atoms in total. The maximum Gasteiger partial charge on any atom is 0.126 e. The number of hydrogen-bond donors (Lipinski definition) is 0. The molecule has 9 rings (SSSR count). The zero-order chi connectivity index (χ0) is 30.8. The van der Waals surface area contributed by atoms with Crippen molar-refractivity contribution in [1.82, 2.24) is 9.97 Å². The van der Waals surface area contributed by atoms with Gasteiger partial charge in [0.2, 0.25) is 0 Å². The third-order valence-electron chi connectivity index (χ3n) is 9.25. The van der Waals surface area contributed by atoms with Crippen molar-refractivity contribution in [1.29, 1.82) is 0 Å². The first-order valence-electron chi connectivity index (χ1n) is 15.5. The molecule has 9 aromatic rings. The Labute approximate surface area is 265 Å². The van der Waals surface area contributed by atoms with Gasteiger partial charge in [-0.1, -0.05) is 103 Å². The average molecular weight is 591 g/mol. The number of nitrogens with zero attached hydrogens (tertiary/aromatic N) is 2. The molecule has 2 aromatic heterocycles. The number of rotatable bonds is 3. The van der Waals surface area contributed by atoms with Crippen LogP contribution in [0.2, 0.25) is 0 Å². The van der Waals surface area contributed by atoms with Gasteiger partial charge < -0.3 is 0 Å². The minimum absolute atomic E-state index is 0.214. The van der Waals surface area contributed by atoms with Crippen LogP contribution in [0.25, 0.3) is 87.6 Å². The second-order valence-corrected chi connectivity index (χ2v) is 12.0. The van der Waals surface area contributed by atoms with Gasteiger partial charge in [-0.15, -0.1) is 0 Å². The minimum atomic E-state index is -0.214. The highest BCUT2D eigenvalue weighted by Crippen LogP contribution is 2.38. The molecule has 0 spiro atoms. The van der Waals surface area contributed by atoms with Crippen LogP contribution in [0, 0.1) is 12.7 Å². The fourth-order valence-electron chi connectivity index (χ4n) is 6.87. The Morgan fingerprint density at radius 3 is 1.98 bits per heavy atom. The molecule has 0 radical (unpaired) electrons. The monoisotopic (exact) mass is 590 g/mol. The van der Waals surface area contributed by atoms with Gasteiger partial charge in [0.1, 0.15) is 5.82 Å². The lowest BCUT2D eigenvalue weighted by Crippen LogP contribution is -1.94.